The molecule has 106 valence electrons. The van der Waals surface area contributed by atoms with Crippen molar-refractivity contribution >= 4 is 25.6 Å². The van der Waals surface area contributed by atoms with E-state index in [1.54, 1.807) is 0 Å². The van der Waals surface area contributed by atoms with E-state index in [4.69, 9.17) is 10.7 Å². The molecule has 0 spiro atoms. The highest BCUT2D eigenvalue weighted by Crippen LogP contribution is 2.38. The van der Waals surface area contributed by atoms with E-state index in [-0.39, 0.29) is 6.07 Å². The Morgan fingerprint density at radius 3 is 2.32 bits per heavy atom. The molecule has 0 N–H and O–H groups in total. The maximum Gasteiger partial charge on any atom is 0.573 e. The standard InChI is InChI=1S/C6HClF4N2O5S/c7-19(16,17)2-1-3(8)12-5(13(14)15)4(2)18-6(9,10)11/h1H. The second-order valence-corrected chi connectivity index (χ2v) is 5.37. The summed E-state index contributed by atoms with van der Waals surface area (Å²) in [5, 5.41) is 10.4. The summed E-state index contributed by atoms with van der Waals surface area (Å²) in [6.07, 6.45) is -5.46. The summed E-state index contributed by atoms with van der Waals surface area (Å²) in [7, 11) is -0.173. The maximum atomic E-state index is 12.9. The first-order chi connectivity index (χ1) is 8.42. The largest absolute Gasteiger partial charge is 0.573 e. The molecule has 0 radical (unpaired) electrons. The van der Waals surface area contributed by atoms with Gasteiger partial charge in [0.1, 0.15) is 4.90 Å². The van der Waals surface area contributed by atoms with E-state index in [1.807, 2.05) is 0 Å². The molecule has 13 heteroatoms. The number of pyridine rings is 1. The molecule has 0 aliphatic heterocycles. The van der Waals surface area contributed by atoms with E-state index < -0.39 is 42.7 Å². The summed E-state index contributed by atoms with van der Waals surface area (Å²) in [6, 6.07) is -0.0313. The summed E-state index contributed by atoms with van der Waals surface area (Å²) >= 11 is 0. The molecule has 0 amide bonds. The van der Waals surface area contributed by atoms with Crippen LogP contribution in [0.5, 0.6) is 5.75 Å². The number of hydrogen-bond acceptors (Lipinski definition) is 6. The van der Waals surface area contributed by atoms with Crippen molar-refractivity contribution < 1.29 is 35.6 Å². The Morgan fingerprint density at radius 2 is 1.95 bits per heavy atom. The van der Waals surface area contributed by atoms with Gasteiger partial charge in [0.25, 0.3) is 9.05 Å². The zero-order chi connectivity index (χ0) is 15.0. The van der Waals surface area contributed by atoms with Crippen molar-refractivity contribution in [1.82, 2.24) is 4.98 Å². The van der Waals surface area contributed by atoms with E-state index in [0.717, 1.165) is 0 Å². The average Bonchev–Trinajstić information content (AvgIpc) is 2.16. The topological polar surface area (TPSA) is 99.4 Å². The van der Waals surface area contributed by atoms with Crippen molar-refractivity contribution in [1.29, 1.82) is 0 Å². The predicted octanol–water partition coefficient (Wildman–Crippen LogP) is 1.95. The molecular formula is C6HClF4N2O5S. The summed E-state index contributed by atoms with van der Waals surface area (Å²) in [6.45, 7) is 0. The minimum absolute atomic E-state index is 0.0313. The van der Waals surface area contributed by atoms with E-state index in [2.05, 4.69) is 9.72 Å². The number of halogens is 5. The second-order valence-electron chi connectivity index (χ2n) is 2.84. The Kier molecular flexibility index (Phi) is 3.86. The summed E-state index contributed by atoms with van der Waals surface area (Å²) in [4.78, 5) is 9.85. The number of aromatic nitrogens is 1. The molecular weight excluding hydrogens is 324 g/mol. The molecule has 1 aromatic heterocycles. The van der Waals surface area contributed by atoms with Gasteiger partial charge in [-0.1, -0.05) is 0 Å². The lowest BCUT2D eigenvalue weighted by atomic mass is 10.4. The molecule has 0 aliphatic rings. The summed E-state index contributed by atoms with van der Waals surface area (Å²) < 4.78 is 74.1. The Labute approximate surface area is 106 Å². The van der Waals surface area contributed by atoms with Crippen LogP contribution in [0.3, 0.4) is 0 Å². The highest BCUT2D eigenvalue weighted by atomic mass is 35.7. The third-order valence-corrected chi connectivity index (χ3v) is 2.87. The van der Waals surface area contributed by atoms with Crippen LogP contribution in [0.1, 0.15) is 0 Å². The SMILES string of the molecule is O=[N+]([O-])c1nc(F)cc(S(=O)(=O)Cl)c1OC(F)(F)F. The van der Waals surface area contributed by atoms with Crippen LogP contribution < -0.4 is 4.74 Å². The van der Waals surface area contributed by atoms with Gasteiger partial charge in [0, 0.05) is 16.7 Å². The molecule has 19 heavy (non-hydrogen) atoms. The normalized spacial score (nSPS) is 12.3. The highest BCUT2D eigenvalue weighted by molar-refractivity contribution is 8.13. The summed E-state index contributed by atoms with van der Waals surface area (Å²) in [5.41, 5.74) is 0. The Bertz CT molecular complexity index is 631. The Balaban J connectivity index is 3.67. The Hall–Kier alpha value is -1.69. The molecule has 0 fully saturated rings. The number of nitro groups is 1. The van der Waals surface area contributed by atoms with Crippen LogP contribution in [0, 0.1) is 16.1 Å². The maximum absolute atomic E-state index is 12.9. The van der Waals surface area contributed by atoms with Crippen LogP contribution in [0.4, 0.5) is 23.4 Å². The van der Waals surface area contributed by atoms with Crippen LogP contribution >= 0.6 is 10.7 Å². The van der Waals surface area contributed by atoms with Crippen LogP contribution in [0.25, 0.3) is 0 Å². The van der Waals surface area contributed by atoms with Crippen LogP contribution in [-0.2, 0) is 9.05 Å². The molecule has 1 rings (SSSR count). The highest BCUT2D eigenvalue weighted by Gasteiger charge is 2.40. The van der Waals surface area contributed by atoms with E-state index in [1.165, 1.54) is 0 Å². The van der Waals surface area contributed by atoms with Crippen molar-refractivity contribution in [3.63, 3.8) is 0 Å². The van der Waals surface area contributed by atoms with Gasteiger partial charge in [0.05, 0.1) is 0 Å². The van der Waals surface area contributed by atoms with Crippen LogP contribution in [-0.4, -0.2) is 24.7 Å². The molecule has 0 aliphatic carbocycles. The smallest absolute Gasteiger partial charge is 0.395 e. The number of rotatable bonds is 3. The number of alkyl halides is 3. The molecule has 1 heterocycles. The second kappa shape index (κ2) is 4.77. The minimum atomic E-state index is -5.46. The van der Waals surface area contributed by atoms with Gasteiger partial charge in [-0.25, -0.2) is 8.42 Å². The molecule has 0 saturated carbocycles. The van der Waals surface area contributed by atoms with Gasteiger partial charge in [-0.3, -0.25) is 0 Å². The molecule has 0 aromatic carbocycles. The van der Waals surface area contributed by atoms with Crippen LogP contribution in [0.15, 0.2) is 11.0 Å². The fraction of sp³-hybridized carbons (Fsp3) is 0.167. The quantitative estimate of drug-likeness (QED) is 0.277. The summed E-state index contributed by atoms with van der Waals surface area (Å²) in [5.74, 6) is -5.29. The van der Waals surface area contributed by atoms with Crippen molar-refractivity contribution in [2.75, 3.05) is 0 Å². The first kappa shape index (κ1) is 15.4. The van der Waals surface area contributed by atoms with Crippen molar-refractivity contribution in [2.24, 2.45) is 0 Å². The average molecular weight is 325 g/mol. The predicted molar refractivity (Wildman–Crippen MR) is 50.6 cm³/mol. The first-order valence-corrected chi connectivity index (χ1v) is 6.28. The number of hydrogen-bond donors (Lipinski definition) is 0. The van der Waals surface area contributed by atoms with Crippen molar-refractivity contribution in [3.8, 4) is 5.75 Å². The molecule has 1 aromatic rings. The van der Waals surface area contributed by atoms with Crippen molar-refractivity contribution in [2.45, 2.75) is 11.3 Å². The fourth-order valence-corrected chi connectivity index (χ4v) is 1.92. The van der Waals surface area contributed by atoms with Gasteiger partial charge in [-0.2, -0.15) is 4.39 Å². The number of ether oxygens (including phenoxy) is 1. The monoisotopic (exact) mass is 324 g/mol. The zero-order valence-electron chi connectivity index (χ0n) is 8.31. The lowest BCUT2D eigenvalue weighted by Crippen LogP contribution is -2.20. The first-order valence-electron chi connectivity index (χ1n) is 3.97. The molecule has 7 nitrogen and oxygen atoms in total. The molecule has 0 atom stereocenters. The Morgan fingerprint density at radius 1 is 1.42 bits per heavy atom. The van der Waals surface area contributed by atoms with Gasteiger partial charge >= 0.3 is 18.1 Å². The third-order valence-electron chi connectivity index (χ3n) is 1.54. The molecule has 0 saturated heterocycles. The van der Waals surface area contributed by atoms with Gasteiger partial charge in [0.2, 0.25) is 5.75 Å². The number of nitrogens with zero attached hydrogens (tertiary/aromatic N) is 2. The van der Waals surface area contributed by atoms with Crippen molar-refractivity contribution in [3.05, 3.63) is 22.1 Å². The zero-order valence-corrected chi connectivity index (χ0v) is 9.88. The molecule has 0 bridgehead atoms. The fourth-order valence-electron chi connectivity index (χ4n) is 0.985. The van der Waals surface area contributed by atoms with E-state index in [9.17, 15) is 36.1 Å². The third kappa shape index (κ3) is 3.89. The lowest BCUT2D eigenvalue weighted by molar-refractivity contribution is -0.394. The molecule has 0 unspecified atom stereocenters. The van der Waals surface area contributed by atoms with E-state index >= 15 is 0 Å². The minimum Gasteiger partial charge on any atom is -0.395 e. The van der Waals surface area contributed by atoms with Gasteiger partial charge in [-0.15, -0.1) is 13.2 Å². The lowest BCUT2D eigenvalue weighted by Gasteiger charge is -2.10. The van der Waals surface area contributed by atoms with Gasteiger partial charge < -0.3 is 14.9 Å². The van der Waals surface area contributed by atoms with Gasteiger partial charge in [-0.05, 0) is 9.91 Å². The van der Waals surface area contributed by atoms with Crippen LogP contribution in [0.2, 0.25) is 0 Å². The van der Waals surface area contributed by atoms with Gasteiger partial charge in [0.15, 0.2) is 0 Å². The van der Waals surface area contributed by atoms with E-state index in [0.29, 0.717) is 0 Å².